The van der Waals surface area contributed by atoms with Gasteiger partial charge in [-0.25, -0.2) is 4.98 Å². The summed E-state index contributed by atoms with van der Waals surface area (Å²) in [6.07, 6.45) is 10.4. The second-order valence-electron chi connectivity index (χ2n) is 9.69. The van der Waals surface area contributed by atoms with Gasteiger partial charge in [0.25, 0.3) is 5.56 Å². The summed E-state index contributed by atoms with van der Waals surface area (Å²) in [6, 6.07) is 0. The summed E-state index contributed by atoms with van der Waals surface area (Å²) < 4.78 is 13.0. The summed E-state index contributed by atoms with van der Waals surface area (Å²) in [5.74, 6) is 1.66. The van der Waals surface area contributed by atoms with E-state index in [-0.39, 0.29) is 5.56 Å². The monoisotopic (exact) mass is 481 g/mol. The second-order valence-corrected chi connectivity index (χ2v) is 9.69. The van der Waals surface area contributed by atoms with E-state index in [0.717, 1.165) is 78.7 Å². The van der Waals surface area contributed by atoms with Gasteiger partial charge in [0.1, 0.15) is 24.3 Å². The van der Waals surface area contributed by atoms with Gasteiger partial charge in [-0.3, -0.25) is 9.36 Å². The van der Waals surface area contributed by atoms with Gasteiger partial charge in [-0.15, -0.1) is 0 Å². The van der Waals surface area contributed by atoms with Crippen molar-refractivity contribution in [1.29, 1.82) is 0 Å². The quantitative estimate of drug-likeness (QED) is 0.591. The molecule has 0 aromatic carbocycles. The highest BCUT2D eigenvalue weighted by Gasteiger charge is 2.26. The van der Waals surface area contributed by atoms with E-state index in [4.69, 9.17) is 15.0 Å². The first-order valence-corrected chi connectivity index (χ1v) is 12.8. The Balaban J connectivity index is 1.22. The maximum Gasteiger partial charge on any atom is 0.257 e. The number of rotatable bonds is 7. The highest BCUT2D eigenvalue weighted by molar-refractivity contribution is 5.47. The Hall–Kier alpha value is -2.75. The van der Waals surface area contributed by atoms with Crippen molar-refractivity contribution < 1.29 is 14.4 Å². The molecule has 2 aromatic heterocycles. The summed E-state index contributed by atoms with van der Waals surface area (Å²) in [4.78, 5) is 20.1. The smallest absolute Gasteiger partial charge is 0.257 e. The summed E-state index contributed by atoms with van der Waals surface area (Å²) >= 11 is 0. The maximum absolute atomic E-state index is 13.1. The number of fused-ring (bicyclic) bond motifs is 2. The van der Waals surface area contributed by atoms with Crippen molar-refractivity contribution in [3.05, 3.63) is 55.6 Å². The Bertz CT molecular complexity index is 1270. The number of nitrogens with two attached hydrogens (primary N) is 1. The number of aromatic nitrogens is 3. The van der Waals surface area contributed by atoms with Crippen LogP contribution in [0.15, 0.2) is 21.2 Å². The molecule has 0 bridgehead atoms. The molecule has 188 valence electrons. The largest absolute Gasteiger partial charge is 0.492 e. The van der Waals surface area contributed by atoms with Crippen LogP contribution in [0.1, 0.15) is 66.9 Å². The fourth-order valence-corrected chi connectivity index (χ4v) is 5.44. The van der Waals surface area contributed by atoms with Crippen LogP contribution in [-0.4, -0.2) is 57.5 Å². The number of aliphatic hydroxyl groups is 1. The molecular formula is C26H35N5O4. The zero-order valence-corrected chi connectivity index (χ0v) is 20.4. The number of aliphatic hydroxyl groups excluding tert-OH is 1. The van der Waals surface area contributed by atoms with Gasteiger partial charge in [0.2, 0.25) is 0 Å². The Kier molecular flexibility index (Phi) is 7.17. The first-order chi connectivity index (χ1) is 17.0. The fraction of sp³-hybridized carbons (Fsp3) is 0.577. The molecule has 9 heteroatoms. The molecule has 3 N–H and O–H groups in total. The molecule has 3 aliphatic rings. The predicted octanol–water partition coefficient (Wildman–Crippen LogP) is 0.613. The molecule has 4 heterocycles. The zero-order chi connectivity index (χ0) is 24.4. The second kappa shape index (κ2) is 10.5. The lowest BCUT2D eigenvalue weighted by Crippen LogP contribution is -2.38. The zero-order valence-electron chi connectivity index (χ0n) is 20.4. The van der Waals surface area contributed by atoms with E-state index in [1.807, 2.05) is 19.1 Å². The van der Waals surface area contributed by atoms with Crippen LogP contribution in [0.4, 0.5) is 0 Å². The molecule has 2 aliphatic heterocycles. The summed E-state index contributed by atoms with van der Waals surface area (Å²) in [6.45, 7) is 6.22. The van der Waals surface area contributed by atoms with Gasteiger partial charge in [0.15, 0.2) is 5.42 Å². The van der Waals surface area contributed by atoms with Gasteiger partial charge in [-0.1, -0.05) is 11.2 Å². The Morgan fingerprint density at radius 3 is 2.86 bits per heavy atom. The van der Waals surface area contributed by atoms with Crippen LogP contribution in [0.5, 0.6) is 0 Å². The van der Waals surface area contributed by atoms with E-state index in [0.29, 0.717) is 44.3 Å². The number of hydrogen-bond acceptors (Lipinski definition) is 8. The number of nitrogens with zero attached hydrogens (tertiary/aromatic N) is 4. The molecule has 1 unspecified atom stereocenters. The third-order valence-corrected chi connectivity index (χ3v) is 7.39. The molecule has 1 aliphatic carbocycles. The third kappa shape index (κ3) is 4.98. The molecule has 1 fully saturated rings. The molecular weight excluding hydrogens is 446 g/mol. The molecule has 0 saturated carbocycles. The summed E-state index contributed by atoms with van der Waals surface area (Å²) in [5, 5.41) is 15.7. The van der Waals surface area contributed by atoms with E-state index in [2.05, 4.69) is 21.1 Å². The lowest BCUT2D eigenvalue weighted by molar-refractivity contribution is 0.129. The molecule has 0 amide bonds. The van der Waals surface area contributed by atoms with E-state index in [1.54, 1.807) is 4.57 Å². The number of piperidine rings is 1. The van der Waals surface area contributed by atoms with E-state index < -0.39 is 6.10 Å². The molecule has 0 radical (unpaired) electrons. The van der Waals surface area contributed by atoms with E-state index in [9.17, 15) is 9.90 Å². The van der Waals surface area contributed by atoms with Crippen LogP contribution in [0.25, 0.3) is 12.2 Å². The lowest BCUT2D eigenvalue weighted by Gasteiger charge is -2.31. The highest BCUT2D eigenvalue weighted by atomic mass is 16.5. The van der Waals surface area contributed by atoms with Crippen molar-refractivity contribution in [3.8, 4) is 0 Å². The van der Waals surface area contributed by atoms with Crippen LogP contribution >= 0.6 is 0 Å². The van der Waals surface area contributed by atoms with Crippen LogP contribution < -0.4 is 21.9 Å². The highest BCUT2D eigenvalue weighted by Crippen LogP contribution is 2.25. The van der Waals surface area contributed by atoms with Gasteiger partial charge in [-0.05, 0) is 64.6 Å². The van der Waals surface area contributed by atoms with Gasteiger partial charge in [-0.2, -0.15) is 0 Å². The number of hydrogen-bond donors (Lipinski definition) is 2. The third-order valence-electron chi connectivity index (χ3n) is 7.39. The SMILES string of the molecule is Cc1nc2n(c(=O)c1CCN1CCC(c3noc4c3=CCC=C(OCCN)C=4)CC1)CCCC2O. The van der Waals surface area contributed by atoms with Crippen LogP contribution in [0.2, 0.25) is 0 Å². The molecule has 9 nitrogen and oxygen atoms in total. The van der Waals surface area contributed by atoms with Crippen LogP contribution in [-0.2, 0) is 17.7 Å². The minimum atomic E-state index is -0.634. The topological polar surface area (TPSA) is 120 Å². The van der Waals surface area contributed by atoms with Crippen molar-refractivity contribution in [3.63, 3.8) is 0 Å². The van der Waals surface area contributed by atoms with Crippen LogP contribution in [0.3, 0.4) is 0 Å². The number of ether oxygens (including phenoxy) is 1. The van der Waals surface area contributed by atoms with E-state index >= 15 is 0 Å². The van der Waals surface area contributed by atoms with Crippen LogP contribution in [0, 0.1) is 6.92 Å². The first kappa shape index (κ1) is 24.0. The van der Waals surface area contributed by atoms with Gasteiger partial charge < -0.3 is 25.0 Å². The minimum Gasteiger partial charge on any atom is -0.492 e. The van der Waals surface area contributed by atoms with Crippen molar-refractivity contribution in [2.75, 3.05) is 32.8 Å². The number of likely N-dealkylation sites (tertiary alicyclic amines) is 1. The van der Waals surface area contributed by atoms with Gasteiger partial charge >= 0.3 is 0 Å². The van der Waals surface area contributed by atoms with E-state index in [1.165, 1.54) is 0 Å². The normalized spacial score (nSPS) is 20.8. The van der Waals surface area contributed by atoms with Crippen molar-refractivity contribution in [1.82, 2.24) is 19.6 Å². The van der Waals surface area contributed by atoms with Gasteiger partial charge in [0.05, 0.1) is 5.69 Å². The average Bonchev–Trinajstić information content (AvgIpc) is 3.14. The standard InChI is InChI=1S/C26H35N5O4/c1-17-20(26(33)31-11-3-6-22(32)25(31)28-17)9-14-30-12-7-18(8-13-30)24-21-5-2-4-19(34-15-10-27)16-23(21)35-29-24/h4-5,16,18,22,32H,2-3,6-15,27H2,1H3. The minimum absolute atomic E-state index is 0.0154. The molecule has 1 atom stereocenters. The van der Waals surface area contributed by atoms with Crippen molar-refractivity contribution in [2.45, 2.75) is 64.0 Å². The fourth-order valence-electron chi connectivity index (χ4n) is 5.44. The molecule has 0 spiro atoms. The predicted molar refractivity (Wildman–Crippen MR) is 132 cm³/mol. The molecule has 1 saturated heterocycles. The molecule has 5 rings (SSSR count). The molecule has 35 heavy (non-hydrogen) atoms. The van der Waals surface area contributed by atoms with Crippen molar-refractivity contribution in [2.24, 2.45) is 5.73 Å². The maximum atomic E-state index is 13.1. The average molecular weight is 482 g/mol. The summed E-state index contributed by atoms with van der Waals surface area (Å²) in [7, 11) is 0. The number of aryl methyl sites for hydroxylation is 1. The Morgan fingerprint density at radius 2 is 2.06 bits per heavy atom. The summed E-state index contributed by atoms with van der Waals surface area (Å²) in [5.41, 5.74) is 8.88. The van der Waals surface area contributed by atoms with Gasteiger partial charge in [0, 0.05) is 48.1 Å². The Morgan fingerprint density at radius 1 is 1.23 bits per heavy atom. The Labute approximate surface area is 204 Å². The lowest BCUT2D eigenvalue weighted by atomic mass is 9.92. The molecule has 2 aromatic rings. The number of allylic oxidation sites excluding steroid dienone is 2. The first-order valence-electron chi connectivity index (χ1n) is 12.8. The van der Waals surface area contributed by atoms with Crippen molar-refractivity contribution >= 4 is 12.2 Å².